The molecule has 1 saturated carbocycles. The lowest BCUT2D eigenvalue weighted by molar-refractivity contribution is -0.162. The van der Waals surface area contributed by atoms with Crippen molar-refractivity contribution in [1.82, 2.24) is 10.6 Å². The van der Waals surface area contributed by atoms with Gasteiger partial charge in [0, 0.05) is 12.3 Å². The Labute approximate surface area is 94.5 Å². The first-order valence-electron chi connectivity index (χ1n) is 4.55. The minimum absolute atomic E-state index is 0.00350. The minimum atomic E-state index is -4.49. The van der Waals surface area contributed by atoms with Gasteiger partial charge >= 0.3 is 12.2 Å². The Morgan fingerprint density at radius 2 is 1.88 bits per heavy atom. The van der Waals surface area contributed by atoms with Gasteiger partial charge in [-0.05, 0) is 12.8 Å². The van der Waals surface area contributed by atoms with E-state index in [2.05, 4.69) is 0 Å². The van der Waals surface area contributed by atoms with Crippen molar-refractivity contribution in [1.29, 1.82) is 0 Å². The summed E-state index contributed by atoms with van der Waals surface area (Å²) in [5.41, 5.74) is -2.15. The lowest BCUT2D eigenvalue weighted by Crippen LogP contribution is -2.52. The van der Waals surface area contributed by atoms with Crippen molar-refractivity contribution in [2.75, 3.05) is 5.88 Å². The van der Waals surface area contributed by atoms with E-state index in [4.69, 9.17) is 11.6 Å². The zero-order valence-electron chi connectivity index (χ0n) is 8.16. The van der Waals surface area contributed by atoms with E-state index in [1.165, 1.54) is 0 Å². The van der Waals surface area contributed by atoms with Crippen LogP contribution in [0.1, 0.15) is 19.3 Å². The molecule has 1 rings (SSSR count). The van der Waals surface area contributed by atoms with Gasteiger partial charge in [0.15, 0.2) is 0 Å². The molecule has 0 aromatic carbocycles. The molecule has 0 aliphatic heterocycles. The van der Waals surface area contributed by atoms with Crippen LogP contribution < -0.4 is 10.6 Å². The molecule has 8 heteroatoms. The predicted molar refractivity (Wildman–Crippen MR) is 50.0 cm³/mol. The van der Waals surface area contributed by atoms with Crippen molar-refractivity contribution in [3.05, 3.63) is 0 Å². The average molecular weight is 259 g/mol. The number of amides is 3. The Kier molecular flexibility index (Phi) is 3.67. The van der Waals surface area contributed by atoms with Crippen molar-refractivity contribution in [2.45, 2.75) is 31.0 Å². The van der Waals surface area contributed by atoms with E-state index >= 15 is 0 Å². The predicted octanol–water partition coefficient (Wildman–Crippen LogP) is 1.54. The maximum absolute atomic E-state index is 12.4. The lowest BCUT2D eigenvalue weighted by atomic mass is 10.2. The van der Waals surface area contributed by atoms with Crippen molar-refractivity contribution in [2.24, 2.45) is 0 Å². The van der Waals surface area contributed by atoms with Crippen molar-refractivity contribution in [3.8, 4) is 0 Å². The number of hydrogen-bond donors (Lipinski definition) is 2. The second-order valence-corrected chi connectivity index (χ2v) is 3.90. The zero-order valence-corrected chi connectivity index (χ0v) is 8.91. The quantitative estimate of drug-likeness (QED) is 0.755. The van der Waals surface area contributed by atoms with Crippen LogP contribution >= 0.6 is 11.6 Å². The third-order valence-electron chi connectivity index (χ3n) is 2.22. The Balaban J connectivity index is 2.44. The van der Waals surface area contributed by atoms with Crippen LogP contribution in [0.15, 0.2) is 0 Å². The molecular formula is C8H10ClF3N2O2. The summed E-state index contributed by atoms with van der Waals surface area (Å²) in [5, 5.41) is 3.53. The van der Waals surface area contributed by atoms with Crippen LogP contribution in [-0.4, -0.2) is 29.5 Å². The highest BCUT2D eigenvalue weighted by atomic mass is 35.5. The first kappa shape index (κ1) is 13.1. The molecule has 0 bridgehead atoms. The van der Waals surface area contributed by atoms with E-state index in [0.29, 0.717) is 0 Å². The first-order valence-corrected chi connectivity index (χ1v) is 5.09. The molecular weight excluding hydrogens is 249 g/mol. The van der Waals surface area contributed by atoms with E-state index in [1.54, 1.807) is 10.6 Å². The van der Waals surface area contributed by atoms with E-state index in [-0.39, 0.29) is 25.1 Å². The molecule has 0 atom stereocenters. The van der Waals surface area contributed by atoms with Gasteiger partial charge in [-0.3, -0.25) is 10.1 Å². The number of alkyl halides is 4. The Bertz CT molecular complexity index is 302. The van der Waals surface area contributed by atoms with Crippen molar-refractivity contribution in [3.63, 3.8) is 0 Å². The topological polar surface area (TPSA) is 58.2 Å². The largest absolute Gasteiger partial charge is 0.411 e. The molecule has 0 saturated heterocycles. The molecule has 0 unspecified atom stereocenters. The number of halogens is 4. The minimum Gasteiger partial charge on any atom is -0.323 e. The molecule has 3 amide bonds. The molecule has 1 aliphatic carbocycles. The summed E-state index contributed by atoms with van der Waals surface area (Å²) in [6, 6.07) is -1.13. The van der Waals surface area contributed by atoms with Crippen LogP contribution in [-0.2, 0) is 4.79 Å². The highest BCUT2D eigenvalue weighted by Gasteiger charge is 2.64. The fourth-order valence-corrected chi connectivity index (χ4v) is 1.30. The third-order valence-corrected chi connectivity index (χ3v) is 2.41. The molecule has 2 N–H and O–H groups in total. The van der Waals surface area contributed by atoms with Gasteiger partial charge in [-0.25, -0.2) is 4.79 Å². The smallest absolute Gasteiger partial charge is 0.323 e. The summed E-state index contributed by atoms with van der Waals surface area (Å²) in [6.07, 6.45) is -4.92. The molecule has 16 heavy (non-hydrogen) atoms. The van der Waals surface area contributed by atoms with Crippen molar-refractivity contribution < 1.29 is 22.8 Å². The summed E-state index contributed by atoms with van der Waals surface area (Å²) in [5.74, 6) is -0.700. The summed E-state index contributed by atoms with van der Waals surface area (Å²) in [7, 11) is 0. The number of nitrogens with one attached hydrogen (secondary N) is 2. The Morgan fingerprint density at radius 1 is 1.31 bits per heavy atom. The van der Waals surface area contributed by atoms with Gasteiger partial charge in [-0.1, -0.05) is 0 Å². The third kappa shape index (κ3) is 3.01. The SMILES string of the molecule is O=C(CCCl)NC(=O)NC1(C(F)(F)F)CC1. The molecule has 0 aromatic heterocycles. The summed E-state index contributed by atoms with van der Waals surface area (Å²) in [6.45, 7) is 0. The van der Waals surface area contributed by atoms with Gasteiger partial charge in [-0.15, -0.1) is 11.6 Å². The fraction of sp³-hybridized carbons (Fsp3) is 0.750. The lowest BCUT2D eigenvalue weighted by Gasteiger charge is -2.20. The maximum atomic E-state index is 12.4. The monoisotopic (exact) mass is 258 g/mol. The molecule has 0 radical (unpaired) electrons. The molecule has 0 spiro atoms. The van der Waals surface area contributed by atoms with Crippen molar-refractivity contribution >= 4 is 23.5 Å². The summed E-state index contributed by atoms with van der Waals surface area (Å²) < 4.78 is 37.2. The molecule has 0 aromatic rings. The second-order valence-electron chi connectivity index (χ2n) is 3.52. The average Bonchev–Trinajstić information content (AvgIpc) is 2.83. The van der Waals surface area contributed by atoms with E-state index in [1.807, 2.05) is 0 Å². The van der Waals surface area contributed by atoms with Crippen LogP contribution in [0, 0.1) is 0 Å². The van der Waals surface area contributed by atoms with E-state index in [9.17, 15) is 22.8 Å². The van der Waals surface area contributed by atoms with Crippen LogP contribution in [0.25, 0.3) is 0 Å². The number of carbonyl (C=O) groups excluding carboxylic acids is 2. The highest BCUT2D eigenvalue weighted by molar-refractivity contribution is 6.19. The van der Waals surface area contributed by atoms with Crippen LogP contribution in [0.2, 0.25) is 0 Å². The Hall–Kier alpha value is -0.980. The molecule has 1 aliphatic rings. The number of rotatable bonds is 3. The van der Waals surface area contributed by atoms with Gasteiger partial charge in [0.2, 0.25) is 5.91 Å². The van der Waals surface area contributed by atoms with Gasteiger partial charge < -0.3 is 5.32 Å². The normalized spacial score (nSPS) is 17.8. The zero-order chi connectivity index (χ0) is 12.4. The van der Waals surface area contributed by atoms with E-state index in [0.717, 1.165) is 0 Å². The maximum Gasteiger partial charge on any atom is 0.411 e. The number of hydrogen-bond acceptors (Lipinski definition) is 2. The van der Waals surface area contributed by atoms with Crippen LogP contribution in [0.5, 0.6) is 0 Å². The standard InChI is InChI=1S/C8H10ClF3N2O2/c9-4-1-5(15)13-6(16)14-7(2-3-7)8(10,11)12/h1-4H2,(H2,13,14,15,16). The molecule has 1 fully saturated rings. The molecule has 4 nitrogen and oxygen atoms in total. The van der Waals surface area contributed by atoms with Gasteiger partial charge in [0.1, 0.15) is 5.54 Å². The Morgan fingerprint density at radius 3 is 2.25 bits per heavy atom. The highest BCUT2D eigenvalue weighted by Crippen LogP contribution is 2.48. The fourth-order valence-electron chi connectivity index (χ4n) is 1.13. The van der Waals surface area contributed by atoms with Gasteiger partial charge in [0.25, 0.3) is 0 Å². The molecule has 92 valence electrons. The van der Waals surface area contributed by atoms with Crippen LogP contribution in [0.3, 0.4) is 0 Å². The number of imide groups is 1. The number of carbonyl (C=O) groups is 2. The molecule has 0 heterocycles. The second kappa shape index (κ2) is 4.48. The van der Waals surface area contributed by atoms with Gasteiger partial charge in [0.05, 0.1) is 0 Å². The first-order chi connectivity index (χ1) is 7.31. The van der Waals surface area contributed by atoms with E-state index < -0.39 is 23.7 Å². The van der Waals surface area contributed by atoms with Gasteiger partial charge in [-0.2, -0.15) is 13.2 Å². The summed E-state index contributed by atoms with van der Waals surface area (Å²) in [4.78, 5) is 21.9. The van der Waals surface area contributed by atoms with Crippen LogP contribution in [0.4, 0.5) is 18.0 Å². The number of urea groups is 1. The summed E-state index contributed by atoms with van der Waals surface area (Å²) >= 11 is 5.23.